The Bertz CT molecular complexity index is 1260. The van der Waals surface area contributed by atoms with Gasteiger partial charge in [-0.2, -0.15) is 0 Å². The molecular weight excluding hydrogens is 484 g/mol. The zero-order valence-corrected chi connectivity index (χ0v) is 20.9. The summed E-state index contributed by atoms with van der Waals surface area (Å²) < 4.78 is 2.04. The van der Waals surface area contributed by atoms with Crippen molar-refractivity contribution >= 4 is 46.3 Å². The molecule has 182 valence electrons. The Hall–Kier alpha value is -2.78. The number of thiophene rings is 1. The molecule has 0 aliphatic heterocycles. The van der Waals surface area contributed by atoms with Crippen LogP contribution >= 0.6 is 22.9 Å². The van der Waals surface area contributed by atoms with E-state index in [9.17, 15) is 9.59 Å². The summed E-state index contributed by atoms with van der Waals surface area (Å²) in [4.78, 5) is 32.3. The van der Waals surface area contributed by atoms with Crippen molar-refractivity contribution in [2.24, 2.45) is 11.8 Å². The van der Waals surface area contributed by atoms with E-state index < -0.39 is 0 Å². The highest BCUT2D eigenvalue weighted by molar-refractivity contribution is 7.12. The predicted octanol–water partition coefficient (Wildman–Crippen LogP) is 4.52. The van der Waals surface area contributed by atoms with E-state index >= 15 is 0 Å². The molecule has 3 aliphatic rings. The topological polar surface area (TPSA) is 102 Å². The summed E-state index contributed by atoms with van der Waals surface area (Å²) in [6.07, 6.45) is 10.6. The second kappa shape index (κ2) is 9.35. The number of nitrogens with zero attached hydrogens (tertiary/aromatic N) is 4. The largest absolute Gasteiger partial charge is 0.352 e. The van der Waals surface area contributed by atoms with Crippen LogP contribution in [0.4, 0.5) is 11.6 Å². The van der Waals surface area contributed by atoms with Gasteiger partial charge in [-0.1, -0.05) is 11.6 Å². The van der Waals surface area contributed by atoms with Gasteiger partial charge in [-0.15, -0.1) is 21.5 Å². The van der Waals surface area contributed by atoms with Crippen molar-refractivity contribution in [3.8, 4) is 0 Å². The molecule has 0 radical (unpaired) electrons. The van der Waals surface area contributed by atoms with E-state index in [2.05, 4.69) is 25.8 Å². The fourth-order valence-corrected chi connectivity index (χ4v) is 6.25. The van der Waals surface area contributed by atoms with Crippen molar-refractivity contribution in [3.05, 3.63) is 50.7 Å². The minimum absolute atomic E-state index is 0.0250. The predicted molar refractivity (Wildman–Crippen MR) is 134 cm³/mol. The molecule has 3 aliphatic carbocycles. The first kappa shape index (κ1) is 22.7. The molecule has 2 N–H and O–H groups in total. The van der Waals surface area contributed by atoms with Gasteiger partial charge in [0.2, 0.25) is 5.95 Å². The summed E-state index contributed by atoms with van der Waals surface area (Å²) in [5, 5.41) is 15.3. The molecular formula is C25H27ClN6O2S. The zero-order valence-electron chi connectivity index (χ0n) is 19.3. The Balaban J connectivity index is 1.26. The summed E-state index contributed by atoms with van der Waals surface area (Å²) >= 11 is 7.57. The van der Waals surface area contributed by atoms with E-state index in [1.54, 1.807) is 29.9 Å². The van der Waals surface area contributed by atoms with Crippen molar-refractivity contribution in [1.29, 1.82) is 0 Å². The number of aryl methyl sites for hydroxylation is 1. The first-order valence-corrected chi connectivity index (χ1v) is 13.5. The molecule has 6 rings (SSSR count). The lowest BCUT2D eigenvalue weighted by molar-refractivity contribution is -0.119. The van der Waals surface area contributed by atoms with Crippen molar-refractivity contribution in [2.45, 2.75) is 57.4 Å². The third-order valence-electron chi connectivity index (χ3n) is 7.10. The highest BCUT2D eigenvalue weighted by Gasteiger charge is 2.35. The Morgan fingerprint density at radius 2 is 2.03 bits per heavy atom. The molecule has 3 heterocycles. The van der Waals surface area contributed by atoms with Crippen LogP contribution in [0.25, 0.3) is 0 Å². The number of nitrogens with one attached hydrogen (secondary N) is 2. The standard InChI is InChI=1S/C25H27ClN6O2S/c26-22-8-5-16(12-27-22)30-25-31-29-13-32(25)17-6-7-20-18(9-17)23(24(34)28-11-14-1-2-14)21(35-20)10-19(33)15-3-4-15/h5,8,12-15,17H,1-4,6-7,9-11H2,(H,28,34)(H,30,31)/t17-/m0/s1. The van der Waals surface area contributed by atoms with Gasteiger partial charge in [0.05, 0.1) is 17.4 Å². The zero-order chi connectivity index (χ0) is 23.9. The summed E-state index contributed by atoms with van der Waals surface area (Å²) in [7, 11) is 0. The SMILES string of the molecule is O=C(NCC1CC1)c1c(CC(=O)C2CC2)sc2c1C[C@@H](n1cnnc1Nc1ccc(Cl)nc1)CC2. The molecule has 10 heteroatoms. The number of pyridine rings is 1. The molecule has 0 spiro atoms. The molecule has 2 saturated carbocycles. The van der Waals surface area contributed by atoms with Gasteiger partial charge in [-0.25, -0.2) is 4.98 Å². The van der Waals surface area contributed by atoms with E-state index in [4.69, 9.17) is 11.6 Å². The number of aromatic nitrogens is 4. The van der Waals surface area contributed by atoms with Crippen LogP contribution in [0.15, 0.2) is 24.7 Å². The average molecular weight is 511 g/mol. The number of hydrogen-bond acceptors (Lipinski definition) is 7. The highest BCUT2D eigenvalue weighted by Crippen LogP contribution is 2.41. The van der Waals surface area contributed by atoms with Gasteiger partial charge in [0, 0.05) is 34.7 Å². The average Bonchev–Trinajstić information content (AvgIpc) is 3.78. The lowest BCUT2D eigenvalue weighted by atomic mass is 9.90. The molecule has 0 saturated heterocycles. The molecule has 3 aromatic heterocycles. The molecule has 3 aromatic rings. The van der Waals surface area contributed by atoms with Crippen LogP contribution in [0.3, 0.4) is 0 Å². The van der Waals surface area contributed by atoms with E-state index in [1.807, 2.05) is 10.6 Å². The third kappa shape index (κ3) is 4.97. The van der Waals surface area contributed by atoms with Crippen LogP contribution in [-0.2, 0) is 24.1 Å². The molecule has 1 amide bonds. The third-order valence-corrected chi connectivity index (χ3v) is 8.62. The second-order valence-corrected chi connectivity index (χ2v) is 11.4. The van der Waals surface area contributed by atoms with Gasteiger partial charge in [0.1, 0.15) is 17.3 Å². The molecule has 1 atom stereocenters. The maximum atomic E-state index is 13.3. The van der Waals surface area contributed by atoms with Crippen LogP contribution in [-0.4, -0.2) is 38.0 Å². The summed E-state index contributed by atoms with van der Waals surface area (Å²) in [5.41, 5.74) is 2.61. The number of fused-ring (bicyclic) bond motifs is 1. The second-order valence-electron chi connectivity index (χ2n) is 9.83. The van der Waals surface area contributed by atoms with Crippen LogP contribution in [0, 0.1) is 11.8 Å². The van der Waals surface area contributed by atoms with Crippen molar-refractivity contribution in [3.63, 3.8) is 0 Å². The number of Topliss-reactive ketones (excluding diaryl/α,β-unsaturated/α-hetero) is 1. The van der Waals surface area contributed by atoms with Crippen molar-refractivity contribution < 1.29 is 9.59 Å². The number of carbonyl (C=O) groups excluding carboxylic acids is 2. The van der Waals surface area contributed by atoms with E-state index in [0.717, 1.165) is 53.9 Å². The van der Waals surface area contributed by atoms with Gasteiger partial charge >= 0.3 is 0 Å². The van der Waals surface area contributed by atoms with Gasteiger partial charge in [-0.3, -0.25) is 14.2 Å². The molecule has 8 nitrogen and oxygen atoms in total. The van der Waals surface area contributed by atoms with Crippen LogP contribution in [0.2, 0.25) is 5.15 Å². The Labute approximate surface area is 212 Å². The van der Waals surface area contributed by atoms with E-state index in [0.29, 0.717) is 29.9 Å². The number of ketones is 1. The van der Waals surface area contributed by atoms with Crippen LogP contribution < -0.4 is 10.6 Å². The normalized spacial score (nSPS) is 19.3. The Morgan fingerprint density at radius 1 is 1.17 bits per heavy atom. The maximum Gasteiger partial charge on any atom is 0.252 e. The summed E-state index contributed by atoms with van der Waals surface area (Å²) in [6, 6.07) is 3.68. The monoisotopic (exact) mass is 510 g/mol. The lowest BCUT2D eigenvalue weighted by Gasteiger charge is -2.25. The number of anilines is 2. The molecule has 35 heavy (non-hydrogen) atoms. The van der Waals surface area contributed by atoms with Gasteiger partial charge in [-0.05, 0) is 68.6 Å². The number of carbonyl (C=O) groups is 2. The molecule has 0 unspecified atom stereocenters. The highest BCUT2D eigenvalue weighted by atomic mass is 35.5. The number of amides is 1. The maximum absolute atomic E-state index is 13.3. The van der Waals surface area contributed by atoms with Gasteiger partial charge in [0.15, 0.2) is 0 Å². The number of hydrogen-bond donors (Lipinski definition) is 2. The Morgan fingerprint density at radius 3 is 2.77 bits per heavy atom. The van der Waals surface area contributed by atoms with Crippen LogP contribution in [0.5, 0.6) is 0 Å². The van der Waals surface area contributed by atoms with Crippen molar-refractivity contribution in [1.82, 2.24) is 25.1 Å². The molecule has 0 aromatic carbocycles. The quantitative estimate of drug-likeness (QED) is 0.410. The summed E-state index contributed by atoms with van der Waals surface area (Å²) in [5.74, 6) is 1.67. The van der Waals surface area contributed by atoms with E-state index in [-0.39, 0.29) is 23.7 Å². The Kier molecular flexibility index (Phi) is 6.06. The smallest absolute Gasteiger partial charge is 0.252 e. The first-order chi connectivity index (χ1) is 17.0. The molecule has 0 bridgehead atoms. The van der Waals surface area contributed by atoms with Gasteiger partial charge < -0.3 is 10.6 Å². The number of halogens is 1. The first-order valence-electron chi connectivity index (χ1n) is 12.3. The summed E-state index contributed by atoms with van der Waals surface area (Å²) in [6.45, 7) is 0.720. The lowest BCUT2D eigenvalue weighted by Crippen LogP contribution is -2.28. The van der Waals surface area contributed by atoms with E-state index in [1.165, 1.54) is 17.7 Å². The van der Waals surface area contributed by atoms with Crippen molar-refractivity contribution in [2.75, 3.05) is 11.9 Å². The molecule has 2 fully saturated rings. The van der Waals surface area contributed by atoms with Crippen LogP contribution in [0.1, 0.15) is 63.8 Å². The number of rotatable bonds is 9. The van der Waals surface area contributed by atoms with Gasteiger partial charge in [0.25, 0.3) is 5.91 Å². The fraction of sp³-hybridized carbons (Fsp3) is 0.480. The minimum atomic E-state index is -0.0250. The minimum Gasteiger partial charge on any atom is -0.352 e. The fourth-order valence-electron chi connectivity index (χ4n) is 4.78.